The monoisotopic (exact) mass is 518 g/mol. The number of rotatable bonds is 10. The molecule has 0 saturated heterocycles. The third-order valence-corrected chi connectivity index (χ3v) is 6.12. The topological polar surface area (TPSA) is 107 Å². The van der Waals surface area contributed by atoms with Crippen LogP contribution >= 0.6 is 0 Å². The summed E-state index contributed by atoms with van der Waals surface area (Å²) in [5.41, 5.74) is 5.25. The number of pyridine rings is 1. The van der Waals surface area contributed by atoms with Crippen molar-refractivity contribution in [2.45, 2.75) is 19.9 Å². The second kappa shape index (κ2) is 11.6. The van der Waals surface area contributed by atoms with Gasteiger partial charge in [-0.15, -0.1) is 0 Å². The van der Waals surface area contributed by atoms with E-state index in [9.17, 15) is 14.0 Å². The lowest BCUT2D eigenvalue weighted by atomic mass is 10.00. The van der Waals surface area contributed by atoms with E-state index in [1.165, 1.54) is 26.4 Å². The summed E-state index contributed by atoms with van der Waals surface area (Å²) in [5.74, 6) is -0.966. The molecule has 0 unspecified atom stereocenters. The summed E-state index contributed by atoms with van der Waals surface area (Å²) in [6.07, 6.45) is 3.62. The Morgan fingerprint density at radius 2 is 1.79 bits per heavy atom. The molecule has 8 nitrogen and oxygen atoms in total. The molecule has 0 radical (unpaired) electrons. The molecule has 3 aromatic rings. The van der Waals surface area contributed by atoms with Crippen LogP contribution in [0.15, 0.2) is 60.3 Å². The molecule has 1 aromatic heterocycles. The van der Waals surface area contributed by atoms with Gasteiger partial charge in [-0.2, -0.15) is 0 Å². The number of ether oxygens (including phenoxy) is 3. The van der Waals surface area contributed by atoms with Crippen molar-refractivity contribution < 1.29 is 33.3 Å². The van der Waals surface area contributed by atoms with E-state index in [2.05, 4.69) is 10.3 Å². The number of hydrogen-bond acceptors (Lipinski definition) is 6. The highest BCUT2D eigenvalue weighted by atomic mass is 19.1. The van der Waals surface area contributed by atoms with Crippen molar-refractivity contribution in [3.63, 3.8) is 0 Å². The highest BCUT2D eigenvalue weighted by molar-refractivity contribution is 6.08. The van der Waals surface area contributed by atoms with Gasteiger partial charge in [-0.05, 0) is 82.8 Å². The third-order valence-electron chi connectivity index (χ3n) is 6.12. The fourth-order valence-electron chi connectivity index (χ4n) is 4.32. The van der Waals surface area contributed by atoms with Crippen LogP contribution in [0.1, 0.15) is 35.7 Å². The quantitative estimate of drug-likeness (QED) is 0.399. The number of benzene rings is 2. The number of aromatic nitrogens is 1. The number of halogens is 1. The van der Waals surface area contributed by atoms with E-state index in [1.807, 2.05) is 25.1 Å². The standard InChI is InChI=1S/C29H27FN2O6/c1-17-22(10-18-11-25(36-2)29(26(12-18)37-3)38-16-28(34)35)21-8-7-19(30)13-24(21)23(17)14-27(33)32-15-20-6-4-5-9-31-20/h4-13H,14-16H2,1-3H3,(H,32,33)(H,34,35). The van der Waals surface area contributed by atoms with Crippen LogP contribution in [-0.4, -0.2) is 42.8 Å². The fraction of sp³-hybridized carbons (Fsp3) is 0.207. The zero-order valence-corrected chi connectivity index (χ0v) is 21.2. The van der Waals surface area contributed by atoms with E-state index < -0.39 is 18.4 Å². The van der Waals surface area contributed by atoms with Crippen LogP contribution in [0, 0.1) is 5.82 Å². The summed E-state index contributed by atoms with van der Waals surface area (Å²) in [6, 6.07) is 13.4. The molecule has 196 valence electrons. The van der Waals surface area contributed by atoms with E-state index in [1.54, 1.807) is 30.5 Å². The summed E-state index contributed by atoms with van der Waals surface area (Å²) in [5, 5.41) is 11.9. The Morgan fingerprint density at radius 1 is 1.05 bits per heavy atom. The van der Waals surface area contributed by atoms with Gasteiger partial charge in [-0.25, -0.2) is 9.18 Å². The van der Waals surface area contributed by atoms with Gasteiger partial charge in [-0.3, -0.25) is 9.78 Å². The Hall–Kier alpha value is -4.66. The summed E-state index contributed by atoms with van der Waals surface area (Å²) >= 11 is 0. The fourth-order valence-corrected chi connectivity index (χ4v) is 4.32. The van der Waals surface area contributed by atoms with Gasteiger partial charge in [-0.1, -0.05) is 12.1 Å². The maximum absolute atomic E-state index is 14.3. The van der Waals surface area contributed by atoms with Crippen LogP contribution in [0.2, 0.25) is 0 Å². The lowest BCUT2D eigenvalue weighted by Gasteiger charge is -2.15. The Morgan fingerprint density at radius 3 is 2.42 bits per heavy atom. The van der Waals surface area contributed by atoms with E-state index in [0.717, 1.165) is 28.0 Å². The van der Waals surface area contributed by atoms with Gasteiger partial charge in [0.1, 0.15) is 5.82 Å². The highest BCUT2D eigenvalue weighted by Crippen LogP contribution is 2.45. The second-order valence-corrected chi connectivity index (χ2v) is 8.56. The first-order valence-corrected chi connectivity index (χ1v) is 11.8. The second-order valence-electron chi connectivity index (χ2n) is 8.56. The van der Waals surface area contributed by atoms with Crippen LogP contribution in [0.3, 0.4) is 0 Å². The van der Waals surface area contributed by atoms with Crippen molar-refractivity contribution in [1.82, 2.24) is 10.3 Å². The number of allylic oxidation sites excluding steroid dienone is 2. The summed E-state index contributed by atoms with van der Waals surface area (Å²) in [7, 11) is 2.89. The number of carbonyl (C=O) groups excluding carboxylic acids is 1. The zero-order chi connectivity index (χ0) is 27.2. The Kier molecular flexibility index (Phi) is 8.06. The van der Waals surface area contributed by atoms with Gasteiger partial charge in [0.15, 0.2) is 18.1 Å². The Bertz CT molecular complexity index is 1410. The van der Waals surface area contributed by atoms with Crippen molar-refractivity contribution in [3.8, 4) is 17.2 Å². The maximum Gasteiger partial charge on any atom is 0.341 e. The molecule has 1 aliphatic carbocycles. The van der Waals surface area contributed by atoms with E-state index in [0.29, 0.717) is 29.2 Å². The molecule has 0 aliphatic heterocycles. The van der Waals surface area contributed by atoms with Gasteiger partial charge < -0.3 is 24.6 Å². The molecule has 0 bridgehead atoms. The first kappa shape index (κ1) is 26.4. The number of aliphatic carboxylic acids is 1. The predicted octanol–water partition coefficient (Wildman–Crippen LogP) is 4.74. The molecule has 1 amide bonds. The van der Waals surface area contributed by atoms with Crippen molar-refractivity contribution in [3.05, 3.63) is 88.5 Å². The molecule has 2 N–H and O–H groups in total. The molecule has 0 spiro atoms. The molecule has 1 aliphatic rings. The van der Waals surface area contributed by atoms with E-state index in [-0.39, 0.29) is 18.1 Å². The number of carboxylic acids is 1. The molecule has 1 heterocycles. The number of nitrogens with zero attached hydrogens (tertiary/aromatic N) is 1. The predicted molar refractivity (Wildman–Crippen MR) is 140 cm³/mol. The van der Waals surface area contributed by atoms with Crippen molar-refractivity contribution in [2.75, 3.05) is 20.8 Å². The lowest BCUT2D eigenvalue weighted by Crippen LogP contribution is -2.23. The average Bonchev–Trinajstić information content (AvgIpc) is 3.16. The van der Waals surface area contributed by atoms with Gasteiger partial charge in [0.25, 0.3) is 0 Å². The average molecular weight is 519 g/mol. The largest absolute Gasteiger partial charge is 0.493 e. The number of hydrogen-bond donors (Lipinski definition) is 2. The number of methoxy groups -OCH3 is 2. The molecule has 0 atom stereocenters. The minimum atomic E-state index is -1.13. The molecular weight excluding hydrogens is 491 g/mol. The van der Waals surface area contributed by atoms with E-state index >= 15 is 0 Å². The molecular formula is C29H27FN2O6. The third kappa shape index (κ3) is 5.83. The molecule has 0 fully saturated rings. The smallest absolute Gasteiger partial charge is 0.341 e. The maximum atomic E-state index is 14.3. The highest BCUT2D eigenvalue weighted by Gasteiger charge is 2.26. The van der Waals surface area contributed by atoms with Gasteiger partial charge >= 0.3 is 5.97 Å². The van der Waals surface area contributed by atoms with E-state index in [4.69, 9.17) is 19.3 Å². The van der Waals surface area contributed by atoms with Crippen molar-refractivity contribution in [1.29, 1.82) is 0 Å². The van der Waals surface area contributed by atoms with Crippen LogP contribution in [0.4, 0.5) is 4.39 Å². The Labute approximate surface area is 219 Å². The number of carbonyl (C=O) groups is 2. The first-order chi connectivity index (χ1) is 18.3. The number of amides is 1. The van der Waals surface area contributed by atoms with Crippen LogP contribution in [0.25, 0.3) is 17.2 Å². The molecule has 2 aromatic carbocycles. The number of nitrogens with one attached hydrogen (secondary N) is 1. The number of carboxylic acid groups (broad SMARTS) is 1. The van der Waals surface area contributed by atoms with Crippen LogP contribution in [-0.2, 0) is 16.1 Å². The molecule has 9 heteroatoms. The molecule has 38 heavy (non-hydrogen) atoms. The first-order valence-electron chi connectivity index (χ1n) is 11.8. The van der Waals surface area contributed by atoms with Crippen LogP contribution < -0.4 is 19.5 Å². The SMILES string of the molecule is COc1cc(C=C2C(C)=C(CC(=O)NCc3ccccn3)c3cc(F)ccc32)cc(OC)c1OCC(=O)O. The zero-order valence-electron chi connectivity index (χ0n) is 21.2. The minimum Gasteiger partial charge on any atom is -0.493 e. The summed E-state index contributed by atoms with van der Waals surface area (Å²) in [6.45, 7) is 1.63. The van der Waals surface area contributed by atoms with Crippen molar-refractivity contribution in [2.24, 2.45) is 0 Å². The Balaban J connectivity index is 1.68. The number of fused-ring (bicyclic) bond motifs is 1. The van der Waals surface area contributed by atoms with Gasteiger partial charge in [0.2, 0.25) is 11.7 Å². The minimum absolute atomic E-state index is 0.0705. The summed E-state index contributed by atoms with van der Waals surface area (Å²) in [4.78, 5) is 28.0. The summed E-state index contributed by atoms with van der Waals surface area (Å²) < 4.78 is 30.5. The molecule has 0 saturated carbocycles. The normalized spacial score (nSPS) is 13.3. The molecule has 4 rings (SSSR count). The lowest BCUT2D eigenvalue weighted by molar-refractivity contribution is -0.139. The van der Waals surface area contributed by atoms with Crippen molar-refractivity contribution >= 4 is 29.1 Å². The van der Waals surface area contributed by atoms with Crippen LogP contribution in [0.5, 0.6) is 17.2 Å². The van der Waals surface area contributed by atoms with Gasteiger partial charge in [0, 0.05) is 6.20 Å². The van der Waals surface area contributed by atoms with Gasteiger partial charge in [0.05, 0.1) is 32.9 Å².